The molecule has 116 valence electrons. The predicted molar refractivity (Wildman–Crippen MR) is 92.4 cm³/mol. The van der Waals surface area contributed by atoms with Gasteiger partial charge in [0.05, 0.1) is 4.88 Å². The first kappa shape index (κ1) is 16.3. The van der Waals surface area contributed by atoms with E-state index >= 15 is 0 Å². The highest BCUT2D eigenvalue weighted by molar-refractivity contribution is 7.12. The molecule has 0 unspecified atom stereocenters. The number of hydrogen-bond acceptors (Lipinski definition) is 3. The van der Waals surface area contributed by atoms with Gasteiger partial charge in [0.15, 0.2) is 0 Å². The van der Waals surface area contributed by atoms with Gasteiger partial charge in [0.1, 0.15) is 12.4 Å². The number of rotatable bonds is 7. The minimum Gasteiger partial charge on any atom is -0.488 e. The maximum Gasteiger partial charge on any atom is 0.261 e. The fourth-order valence-corrected chi connectivity index (χ4v) is 2.80. The van der Waals surface area contributed by atoms with E-state index in [0.29, 0.717) is 13.2 Å². The van der Waals surface area contributed by atoms with E-state index in [2.05, 4.69) is 5.32 Å². The molecule has 0 spiro atoms. The van der Waals surface area contributed by atoms with Crippen molar-refractivity contribution in [1.82, 2.24) is 5.32 Å². The summed E-state index contributed by atoms with van der Waals surface area (Å²) < 4.78 is 5.87. The van der Waals surface area contributed by atoms with Crippen molar-refractivity contribution >= 4 is 23.3 Å². The molecule has 2 rings (SSSR count). The summed E-state index contributed by atoms with van der Waals surface area (Å²) in [5.74, 6) is 0.844. The van der Waals surface area contributed by atoms with E-state index in [1.165, 1.54) is 11.3 Å². The van der Waals surface area contributed by atoms with Crippen molar-refractivity contribution in [1.29, 1.82) is 0 Å². The van der Waals surface area contributed by atoms with Crippen LogP contribution in [0.15, 0.2) is 41.8 Å². The molecule has 0 radical (unpaired) electrons. The molecule has 2 aromatic rings. The second-order valence-corrected chi connectivity index (χ2v) is 5.81. The molecule has 0 fully saturated rings. The van der Waals surface area contributed by atoms with Crippen molar-refractivity contribution in [3.05, 3.63) is 57.8 Å². The molecular formula is C18H21NO2S. The number of thiophene rings is 1. The summed E-state index contributed by atoms with van der Waals surface area (Å²) in [6.45, 7) is 5.19. The molecule has 1 amide bonds. The topological polar surface area (TPSA) is 38.3 Å². The number of hydrogen-bond donors (Lipinski definition) is 1. The molecule has 1 N–H and O–H groups in total. The second kappa shape index (κ2) is 8.39. The van der Waals surface area contributed by atoms with E-state index < -0.39 is 0 Å². The largest absolute Gasteiger partial charge is 0.488 e. The van der Waals surface area contributed by atoms with Crippen LogP contribution in [0.5, 0.6) is 5.75 Å². The molecule has 1 aromatic heterocycles. The highest BCUT2D eigenvalue weighted by Crippen LogP contribution is 2.22. The van der Waals surface area contributed by atoms with E-state index in [9.17, 15) is 4.79 Å². The molecule has 0 atom stereocenters. The van der Waals surface area contributed by atoms with Crippen LogP contribution in [0, 0.1) is 0 Å². The molecule has 0 bridgehead atoms. The van der Waals surface area contributed by atoms with Crippen molar-refractivity contribution in [2.45, 2.75) is 26.9 Å². The van der Waals surface area contributed by atoms with Gasteiger partial charge in [0, 0.05) is 17.7 Å². The lowest BCUT2D eigenvalue weighted by Crippen LogP contribution is -2.22. The van der Waals surface area contributed by atoms with Crippen LogP contribution in [-0.4, -0.2) is 12.5 Å². The summed E-state index contributed by atoms with van der Waals surface area (Å²) in [5.41, 5.74) is 2.07. The molecule has 0 saturated carbocycles. The summed E-state index contributed by atoms with van der Waals surface area (Å²) in [5, 5.41) is 4.85. The molecule has 4 heteroatoms. The zero-order chi connectivity index (χ0) is 15.8. The predicted octanol–water partition coefficient (Wildman–Crippen LogP) is 4.50. The van der Waals surface area contributed by atoms with E-state index in [-0.39, 0.29) is 5.91 Å². The summed E-state index contributed by atoms with van der Waals surface area (Å²) in [4.78, 5) is 12.6. The molecular weight excluding hydrogens is 294 g/mol. The Balaban J connectivity index is 1.98. The van der Waals surface area contributed by atoms with Gasteiger partial charge in [-0.1, -0.05) is 37.3 Å². The van der Waals surface area contributed by atoms with Crippen molar-refractivity contribution in [2.75, 3.05) is 6.54 Å². The Morgan fingerprint density at radius 3 is 2.95 bits per heavy atom. The van der Waals surface area contributed by atoms with Gasteiger partial charge >= 0.3 is 0 Å². The average molecular weight is 315 g/mol. The van der Waals surface area contributed by atoms with Crippen LogP contribution in [0.25, 0.3) is 6.08 Å². The van der Waals surface area contributed by atoms with Crippen LogP contribution in [0.1, 0.15) is 41.1 Å². The summed E-state index contributed by atoms with van der Waals surface area (Å²) in [6, 6.07) is 9.82. The van der Waals surface area contributed by atoms with Crippen molar-refractivity contribution < 1.29 is 9.53 Å². The number of para-hydroxylation sites is 1. The third-order valence-corrected chi connectivity index (χ3v) is 4.05. The normalized spacial score (nSPS) is 10.8. The van der Waals surface area contributed by atoms with Crippen LogP contribution in [-0.2, 0) is 6.61 Å². The Morgan fingerprint density at radius 1 is 1.36 bits per heavy atom. The van der Waals surface area contributed by atoms with Gasteiger partial charge < -0.3 is 10.1 Å². The maximum absolute atomic E-state index is 11.9. The lowest BCUT2D eigenvalue weighted by atomic mass is 10.2. The van der Waals surface area contributed by atoms with E-state index in [4.69, 9.17) is 4.74 Å². The van der Waals surface area contributed by atoms with Crippen LogP contribution in [0.4, 0.5) is 0 Å². The summed E-state index contributed by atoms with van der Waals surface area (Å²) >= 11 is 1.45. The van der Waals surface area contributed by atoms with Gasteiger partial charge in [0.2, 0.25) is 0 Å². The smallest absolute Gasteiger partial charge is 0.261 e. The molecule has 3 nitrogen and oxygen atoms in total. The highest BCUT2D eigenvalue weighted by Gasteiger charge is 2.09. The Kier molecular flexibility index (Phi) is 6.22. The number of carbonyl (C=O) groups excluding carboxylic acids is 1. The molecule has 0 aliphatic rings. The van der Waals surface area contributed by atoms with Crippen LogP contribution in [0.3, 0.4) is 0 Å². The first-order chi connectivity index (χ1) is 10.7. The Morgan fingerprint density at radius 2 is 2.18 bits per heavy atom. The fourth-order valence-electron chi connectivity index (χ4n) is 1.99. The Labute approximate surface area is 135 Å². The van der Waals surface area contributed by atoms with E-state index in [1.54, 1.807) is 0 Å². The summed E-state index contributed by atoms with van der Waals surface area (Å²) in [7, 11) is 0. The lowest BCUT2D eigenvalue weighted by molar-refractivity contribution is 0.0957. The lowest BCUT2D eigenvalue weighted by Gasteiger charge is -2.08. The number of amides is 1. The van der Waals surface area contributed by atoms with Crippen LogP contribution < -0.4 is 10.1 Å². The Hall–Kier alpha value is -2.07. The quantitative estimate of drug-likeness (QED) is 0.817. The van der Waals surface area contributed by atoms with Gasteiger partial charge in [-0.05, 0) is 30.9 Å². The van der Waals surface area contributed by atoms with Gasteiger partial charge in [-0.15, -0.1) is 11.3 Å². The van der Waals surface area contributed by atoms with Gasteiger partial charge in [0.25, 0.3) is 5.91 Å². The fraction of sp³-hybridized carbons (Fsp3) is 0.278. The monoisotopic (exact) mass is 315 g/mol. The second-order valence-electron chi connectivity index (χ2n) is 4.90. The average Bonchev–Trinajstić information content (AvgIpc) is 3.01. The first-order valence-electron chi connectivity index (χ1n) is 7.44. The zero-order valence-electron chi connectivity index (χ0n) is 13.0. The number of carbonyl (C=O) groups is 1. The number of allylic oxidation sites excluding steroid dienone is 1. The van der Waals surface area contributed by atoms with Crippen molar-refractivity contribution in [2.24, 2.45) is 0 Å². The molecule has 0 saturated heterocycles. The standard InChI is InChI=1S/C18H21NO2S/c1-3-7-15-8-5-6-9-16(15)21-12-14-11-17(22-13-14)18(20)19-10-4-2/h3,5-9,11,13H,4,10,12H2,1-2H3,(H,19,20)/b7-3+. The molecule has 0 aliphatic carbocycles. The van der Waals surface area contributed by atoms with Crippen molar-refractivity contribution in [3.8, 4) is 5.75 Å². The van der Waals surface area contributed by atoms with Gasteiger partial charge in [-0.25, -0.2) is 0 Å². The molecule has 22 heavy (non-hydrogen) atoms. The number of benzene rings is 1. The molecule has 1 aromatic carbocycles. The molecule has 1 heterocycles. The third kappa shape index (κ3) is 4.46. The van der Waals surface area contributed by atoms with Gasteiger partial charge in [-0.2, -0.15) is 0 Å². The molecule has 0 aliphatic heterocycles. The number of ether oxygens (including phenoxy) is 1. The summed E-state index contributed by atoms with van der Waals surface area (Å²) in [6.07, 6.45) is 4.95. The number of nitrogens with one attached hydrogen (secondary N) is 1. The van der Waals surface area contributed by atoms with Crippen molar-refractivity contribution in [3.63, 3.8) is 0 Å². The van der Waals surface area contributed by atoms with Crippen LogP contribution in [0.2, 0.25) is 0 Å². The SMILES string of the molecule is C/C=C/c1ccccc1OCc1csc(C(=O)NCCC)c1. The van der Waals surface area contributed by atoms with E-state index in [1.807, 2.05) is 61.7 Å². The highest BCUT2D eigenvalue weighted by atomic mass is 32.1. The first-order valence-corrected chi connectivity index (χ1v) is 8.32. The zero-order valence-corrected chi connectivity index (χ0v) is 13.8. The minimum atomic E-state index is -0.00702. The minimum absolute atomic E-state index is 0.00702. The van der Waals surface area contributed by atoms with Gasteiger partial charge in [-0.3, -0.25) is 4.79 Å². The van der Waals surface area contributed by atoms with E-state index in [0.717, 1.165) is 28.2 Å². The maximum atomic E-state index is 11.9. The Bertz CT molecular complexity index is 646. The van der Waals surface area contributed by atoms with Crippen LogP contribution >= 0.6 is 11.3 Å². The third-order valence-electron chi connectivity index (χ3n) is 3.07.